The maximum Gasteiger partial charge on any atom is 0.248 e. The van der Waals surface area contributed by atoms with E-state index in [9.17, 15) is 0 Å². The second kappa shape index (κ2) is 13.8. The number of benzene rings is 7. The lowest BCUT2D eigenvalue weighted by Crippen LogP contribution is -1.95. The van der Waals surface area contributed by atoms with Crippen molar-refractivity contribution >= 4 is 21.8 Å². The molecular weight excluding hydrogens is 659 g/mol. The average molecular weight is 700 g/mol. The summed E-state index contributed by atoms with van der Waals surface area (Å²) in [5.41, 5.74) is 15.2. The van der Waals surface area contributed by atoms with Crippen LogP contribution in [0.2, 0.25) is 0 Å². The van der Waals surface area contributed by atoms with E-state index in [-0.39, 0.29) is 0 Å². The van der Waals surface area contributed by atoms with E-state index >= 15 is 0 Å². The average Bonchev–Trinajstić information content (AvgIpc) is 3.85. The quantitative estimate of drug-likeness (QED) is 0.159. The molecule has 2 heterocycles. The minimum atomic E-state index is 0.468. The monoisotopic (exact) mass is 699 g/mol. The molecule has 2 aromatic heterocycles. The van der Waals surface area contributed by atoms with Crippen molar-refractivity contribution in [2.24, 2.45) is 0 Å². The van der Waals surface area contributed by atoms with E-state index in [4.69, 9.17) is 4.42 Å². The normalized spacial score (nSPS) is 11.7. The Bertz CT molecular complexity index is 2690. The summed E-state index contributed by atoms with van der Waals surface area (Å²) in [5.74, 6) is 1.95. The summed E-state index contributed by atoms with van der Waals surface area (Å²) in [7, 11) is 0. The molecule has 0 N–H and O–H groups in total. The van der Waals surface area contributed by atoms with Crippen LogP contribution in [-0.2, 0) is 0 Å². The summed E-state index contributed by atoms with van der Waals surface area (Å²) in [4.78, 5) is 0. The van der Waals surface area contributed by atoms with Crippen LogP contribution in [0.3, 0.4) is 0 Å². The van der Waals surface area contributed by atoms with E-state index in [0.717, 1.165) is 27.9 Å². The van der Waals surface area contributed by atoms with Crippen LogP contribution in [0, 0.1) is 0 Å². The molecule has 0 radical (unpaired) electrons. The van der Waals surface area contributed by atoms with Crippen molar-refractivity contribution in [2.75, 3.05) is 0 Å². The fourth-order valence-corrected chi connectivity index (χ4v) is 7.61. The minimum absolute atomic E-state index is 0.468. The molecule has 4 nitrogen and oxygen atoms in total. The molecule has 9 aromatic rings. The molecule has 9 rings (SSSR count). The summed E-state index contributed by atoms with van der Waals surface area (Å²) in [6.45, 7) is 9.07. The maximum atomic E-state index is 6.04. The van der Waals surface area contributed by atoms with Crippen molar-refractivity contribution in [3.63, 3.8) is 0 Å². The fourth-order valence-electron chi connectivity index (χ4n) is 7.61. The van der Waals surface area contributed by atoms with E-state index in [2.05, 4.69) is 176 Å². The number of hydrogen-bond acceptors (Lipinski definition) is 3. The van der Waals surface area contributed by atoms with Gasteiger partial charge >= 0.3 is 0 Å². The van der Waals surface area contributed by atoms with Crippen molar-refractivity contribution in [3.8, 4) is 62.0 Å². The van der Waals surface area contributed by atoms with Crippen molar-refractivity contribution < 1.29 is 4.42 Å². The molecule has 54 heavy (non-hydrogen) atoms. The highest BCUT2D eigenvalue weighted by Gasteiger charge is 2.17. The van der Waals surface area contributed by atoms with Gasteiger partial charge in [0.25, 0.3) is 0 Å². The lowest BCUT2D eigenvalue weighted by molar-refractivity contribution is 0.584. The van der Waals surface area contributed by atoms with Gasteiger partial charge in [0.2, 0.25) is 11.8 Å². The summed E-state index contributed by atoms with van der Waals surface area (Å²) in [6.07, 6.45) is 0. The Morgan fingerprint density at radius 2 is 0.815 bits per heavy atom. The predicted molar refractivity (Wildman–Crippen MR) is 224 cm³/mol. The molecule has 0 saturated carbocycles. The Morgan fingerprint density at radius 3 is 1.30 bits per heavy atom. The van der Waals surface area contributed by atoms with Crippen LogP contribution in [0.4, 0.5) is 0 Å². The minimum Gasteiger partial charge on any atom is -0.416 e. The predicted octanol–water partition coefficient (Wildman–Crippen LogP) is 13.7. The highest BCUT2D eigenvalue weighted by molar-refractivity contribution is 6.10. The lowest BCUT2D eigenvalue weighted by atomic mass is 9.89. The Balaban J connectivity index is 1.07. The lowest BCUT2D eigenvalue weighted by Gasteiger charge is -2.16. The van der Waals surface area contributed by atoms with E-state index < -0.39 is 0 Å². The van der Waals surface area contributed by atoms with Crippen molar-refractivity contribution in [1.82, 2.24) is 14.8 Å². The molecule has 262 valence electrons. The Labute approximate surface area is 316 Å². The van der Waals surface area contributed by atoms with Gasteiger partial charge in [-0.05, 0) is 117 Å². The van der Waals surface area contributed by atoms with Crippen molar-refractivity contribution in [3.05, 3.63) is 175 Å². The van der Waals surface area contributed by atoms with Crippen LogP contribution >= 0.6 is 0 Å². The van der Waals surface area contributed by atoms with Gasteiger partial charge in [0, 0.05) is 27.6 Å². The van der Waals surface area contributed by atoms with Crippen LogP contribution in [0.25, 0.3) is 83.8 Å². The molecule has 0 atom stereocenters. The first-order chi connectivity index (χ1) is 26.4. The number of rotatable bonds is 8. The fraction of sp³-hybridized carbons (Fsp3) is 0.120. The SMILES string of the molecule is CC(C)c1ccc2c(c1)c1cc(C(C)C)ccc1n2-c1ccc(-c2ccccc2-c2ccccc2-c2ccc(-c3nnc(-c4ccccc4)o3)cc2)cc1. The number of fused-ring (bicyclic) bond motifs is 3. The van der Waals surface area contributed by atoms with Gasteiger partial charge < -0.3 is 8.98 Å². The van der Waals surface area contributed by atoms with Crippen LogP contribution in [0.15, 0.2) is 168 Å². The zero-order chi connectivity index (χ0) is 36.8. The first kappa shape index (κ1) is 33.3. The molecule has 0 aliphatic rings. The van der Waals surface area contributed by atoms with Gasteiger partial charge in [0.1, 0.15) is 0 Å². The van der Waals surface area contributed by atoms with Gasteiger partial charge in [0.05, 0.1) is 11.0 Å². The van der Waals surface area contributed by atoms with Crippen molar-refractivity contribution in [2.45, 2.75) is 39.5 Å². The second-order valence-corrected chi connectivity index (χ2v) is 14.7. The summed E-state index contributed by atoms with van der Waals surface area (Å²) >= 11 is 0. The molecule has 0 aliphatic carbocycles. The molecule has 0 saturated heterocycles. The van der Waals surface area contributed by atoms with Crippen LogP contribution in [0.5, 0.6) is 0 Å². The van der Waals surface area contributed by atoms with Gasteiger partial charge in [-0.15, -0.1) is 10.2 Å². The summed E-state index contributed by atoms with van der Waals surface area (Å²) in [5, 5.41) is 11.2. The smallest absolute Gasteiger partial charge is 0.248 e. The number of hydrogen-bond donors (Lipinski definition) is 0. The molecule has 0 spiro atoms. The van der Waals surface area contributed by atoms with Gasteiger partial charge in [0.15, 0.2) is 0 Å². The molecular formula is C50H41N3O. The zero-order valence-corrected chi connectivity index (χ0v) is 31.0. The zero-order valence-electron chi connectivity index (χ0n) is 31.0. The van der Waals surface area contributed by atoms with Gasteiger partial charge in [-0.1, -0.05) is 131 Å². The standard InChI is InChI=1S/C50H41N3O/c1-32(2)38-24-28-47-45(30-38)46-31-39(33(3)4)25-29-48(46)53(47)40-26-22-35(23-27-40)42-15-9-11-17-44(42)43-16-10-8-14-41(43)34-18-20-37(21-19-34)50-52-51-49(54-50)36-12-6-5-7-13-36/h5-33H,1-4H3. The van der Waals surface area contributed by atoms with Gasteiger partial charge in [-0.25, -0.2) is 0 Å². The summed E-state index contributed by atoms with van der Waals surface area (Å²) in [6, 6.07) is 58.6. The van der Waals surface area contributed by atoms with Gasteiger partial charge in [-0.3, -0.25) is 0 Å². The number of nitrogens with zero attached hydrogens (tertiary/aromatic N) is 3. The topological polar surface area (TPSA) is 43.9 Å². The maximum absolute atomic E-state index is 6.04. The molecule has 0 fully saturated rings. The molecule has 0 bridgehead atoms. The van der Waals surface area contributed by atoms with Gasteiger partial charge in [-0.2, -0.15) is 0 Å². The van der Waals surface area contributed by atoms with Crippen LogP contribution in [-0.4, -0.2) is 14.8 Å². The number of aromatic nitrogens is 3. The van der Waals surface area contributed by atoms with E-state index in [1.807, 2.05) is 30.3 Å². The Kier molecular flexibility index (Phi) is 8.51. The molecule has 0 unspecified atom stereocenters. The molecule has 0 amide bonds. The van der Waals surface area contributed by atoms with E-state index in [0.29, 0.717) is 23.6 Å². The highest BCUT2D eigenvalue weighted by atomic mass is 16.4. The first-order valence-electron chi connectivity index (χ1n) is 18.8. The largest absolute Gasteiger partial charge is 0.416 e. The third-order valence-corrected chi connectivity index (χ3v) is 10.6. The van der Waals surface area contributed by atoms with Crippen LogP contribution in [0.1, 0.15) is 50.7 Å². The first-order valence-corrected chi connectivity index (χ1v) is 18.8. The second-order valence-electron chi connectivity index (χ2n) is 14.7. The third-order valence-electron chi connectivity index (χ3n) is 10.6. The molecule has 4 heteroatoms. The Hall–Kier alpha value is -6.52. The van der Waals surface area contributed by atoms with E-state index in [1.54, 1.807) is 0 Å². The Morgan fingerprint density at radius 1 is 0.407 bits per heavy atom. The third kappa shape index (κ3) is 6.00. The van der Waals surface area contributed by atoms with E-state index in [1.165, 1.54) is 55.2 Å². The van der Waals surface area contributed by atoms with Crippen molar-refractivity contribution in [1.29, 1.82) is 0 Å². The molecule has 7 aromatic carbocycles. The molecule has 0 aliphatic heterocycles. The summed E-state index contributed by atoms with van der Waals surface area (Å²) < 4.78 is 8.46. The highest BCUT2D eigenvalue weighted by Crippen LogP contribution is 2.40. The van der Waals surface area contributed by atoms with Crippen LogP contribution < -0.4 is 0 Å².